The van der Waals surface area contributed by atoms with Gasteiger partial charge in [-0.15, -0.1) is 22.7 Å². The average molecular weight is 697 g/mol. The van der Waals surface area contributed by atoms with Gasteiger partial charge in [-0.1, -0.05) is 133 Å². The third-order valence-electron chi connectivity index (χ3n) is 10.4. The Morgan fingerprint density at radius 3 is 1.19 bits per heavy atom. The van der Waals surface area contributed by atoms with Crippen molar-refractivity contribution in [2.24, 2.45) is 0 Å². The first-order chi connectivity index (χ1) is 25.7. The quantitative estimate of drug-likeness (QED) is 0.171. The van der Waals surface area contributed by atoms with Crippen molar-refractivity contribution in [3.8, 4) is 44.5 Å². The van der Waals surface area contributed by atoms with Crippen LogP contribution >= 0.6 is 22.7 Å². The smallest absolute Gasteiger partial charge is 0.0965 e. The zero-order valence-corrected chi connectivity index (χ0v) is 29.5. The highest BCUT2D eigenvalue weighted by Gasteiger charge is 2.13. The molecule has 242 valence electrons. The minimum absolute atomic E-state index is 0.924. The van der Waals surface area contributed by atoms with Crippen LogP contribution in [0.4, 0.5) is 0 Å². The van der Waals surface area contributed by atoms with Crippen LogP contribution in [0.3, 0.4) is 0 Å². The topological polar surface area (TPSA) is 25.8 Å². The molecule has 0 aliphatic rings. The van der Waals surface area contributed by atoms with Gasteiger partial charge in [-0.05, 0) is 57.6 Å². The molecular weight excluding hydrogens is 669 g/mol. The molecule has 7 aromatic carbocycles. The summed E-state index contributed by atoms with van der Waals surface area (Å²) in [6.07, 6.45) is 3.96. The number of thiophene rings is 2. The second-order valence-corrected chi connectivity index (χ2v) is 15.5. The molecule has 52 heavy (non-hydrogen) atoms. The zero-order valence-electron chi connectivity index (χ0n) is 27.9. The fourth-order valence-electron chi connectivity index (χ4n) is 7.74. The van der Waals surface area contributed by atoms with Gasteiger partial charge in [0.2, 0.25) is 0 Å². The number of fused-ring (bicyclic) bond motifs is 9. The van der Waals surface area contributed by atoms with Gasteiger partial charge in [-0.2, -0.15) is 0 Å². The van der Waals surface area contributed by atoms with Gasteiger partial charge in [0, 0.05) is 74.6 Å². The molecule has 4 heterocycles. The first kappa shape index (κ1) is 29.5. The number of pyridine rings is 2. The number of benzene rings is 7. The van der Waals surface area contributed by atoms with Crippen LogP contribution < -0.4 is 0 Å². The Labute approximate surface area is 307 Å². The van der Waals surface area contributed by atoms with Crippen molar-refractivity contribution in [3.63, 3.8) is 0 Å². The van der Waals surface area contributed by atoms with Crippen molar-refractivity contribution in [1.82, 2.24) is 9.97 Å². The molecule has 0 saturated heterocycles. The molecule has 0 saturated carbocycles. The van der Waals surface area contributed by atoms with Crippen molar-refractivity contribution < 1.29 is 0 Å². The fourth-order valence-corrected chi connectivity index (χ4v) is 10.2. The third kappa shape index (κ3) is 4.69. The molecule has 2 nitrogen and oxygen atoms in total. The molecule has 0 spiro atoms. The Kier molecular flexibility index (Phi) is 6.63. The van der Waals surface area contributed by atoms with Gasteiger partial charge >= 0.3 is 0 Å². The van der Waals surface area contributed by atoms with Crippen LogP contribution in [0.1, 0.15) is 0 Å². The molecular formula is C48H28N2S2. The fraction of sp³-hybridized carbons (Fsp3) is 0. The summed E-state index contributed by atoms with van der Waals surface area (Å²) < 4.78 is 5.33. The van der Waals surface area contributed by atoms with Gasteiger partial charge in [0.05, 0.1) is 11.0 Å². The maximum absolute atomic E-state index is 4.96. The lowest BCUT2D eigenvalue weighted by Gasteiger charge is -2.09. The molecule has 0 amide bonds. The summed E-state index contributed by atoms with van der Waals surface area (Å²) in [7, 11) is 0. The Morgan fingerprint density at radius 2 is 0.731 bits per heavy atom. The molecule has 0 atom stereocenters. The van der Waals surface area contributed by atoms with E-state index in [2.05, 4.69) is 158 Å². The van der Waals surface area contributed by atoms with Crippen LogP contribution in [0.2, 0.25) is 0 Å². The Morgan fingerprint density at radius 1 is 0.327 bits per heavy atom. The molecule has 0 radical (unpaired) electrons. The summed E-state index contributed by atoms with van der Waals surface area (Å²) in [5, 5.41) is 7.47. The van der Waals surface area contributed by atoms with Gasteiger partial charge in [0.1, 0.15) is 0 Å². The first-order valence-electron chi connectivity index (χ1n) is 17.5. The lowest BCUT2D eigenvalue weighted by molar-refractivity contribution is 1.37. The molecule has 11 aromatic rings. The van der Waals surface area contributed by atoms with E-state index in [4.69, 9.17) is 9.97 Å². The molecule has 11 rings (SSSR count). The van der Waals surface area contributed by atoms with Crippen LogP contribution in [0.25, 0.3) is 107 Å². The van der Waals surface area contributed by atoms with E-state index in [0.29, 0.717) is 0 Å². The largest absolute Gasteiger partial charge is 0.253 e. The molecule has 0 N–H and O–H groups in total. The van der Waals surface area contributed by atoms with E-state index in [9.17, 15) is 0 Å². The highest BCUT2D eigenvalue weighted by atomic mass is 32.1. The van der Waals surface area contributed by atoms with Gasteiger partial charge in [0.25, 0.3) is 0 Å². The second kappa shape index (κ2) is 11.7. The Hall–Kier alpha value is -6.20. The monoisotopic (exact) mass is 696 g/mol. The number of nitrogens with zero attached hydrogens (tertiary/aromatic N) is 2. The van der Waals surface area contributed by atoms with E-state index in [1.807, 2.05) is 35.1 Å². The maximum Gasteiger partial charge on any atom is 0.0965 e. The van der Waals surface area contributed by atoms with Gasteiger partial charge in [0.15, 0.2) is 0 Å². The van der Waals surface area contributed by atoms with Crippen LogP contribution in [0, 0.1) is 0 Å². The summed E-state index contributed by atoms with van der Waals surface area (Å²) >= 11 is 3.74. The van der Waals surface area contributed by atoms with E-state index in [-0.39, 0.29) is 0 Å². The van der Waals surface area contributed by atoms with Gasteiger partial charge in [-0.3, -0.25) is 9.97 Å². The third-order valence-corrected chi connectivity index (χ3v) is 12.8. The number of rotatable bonds is 4. The number of hydrogen-bond acceptors (Lipinski definition) is 4. The normalized spacial score (nSPS) is 11.8. The molecule has 0 aliphatic heterocycles. The lowest BCUT2D eigenvalue weighted by Crippen LogP contribution is -1.89. The lowest BCUT2D eigenvalue weighted by atomic mass is 9.98. The van der Waals surface area contributed by atoms with E-state index in [1.54, 1.807) is 0 Å². The molecule has 0 unspecified atom stereocenters. The highest BCUT2D eigenvalue weighted by Crippen LogP contribution is 2.42. The predicted molar refractivity (Wildman–Crippen MR) is 225 cm³/mol. The summed E-state index contributed by atoms with van der Waals surface area (Å²) in [6.45, 7) is 0. The van der Waals surface area contributed by atoms with Crippen LogP contribution in [0.5, 0.6) is 0 Å². The first-order valence-corrected chi connectivity index (χ1v) is 19.1. The zero-order chi connectivity index (χ0) is 34.2. The number of aromatic nitrogens is 2. The summed E-state index contributed by atoms with van der Waals surface area (Å²) in [5.74, 6) is 0. The van der Waals surface area contributed by atoms with Crippen LogP contribution in [-0.2, 0) is 0 Å². The number of hydrogen-bond donors (Lipinski definition) is 0. The summed E-state index contributed by atoms with van der Waals surface area (Å²) in [6, 6.07) is 57.2. The molecule has 0 fully saturated rings. The van der Waals surface area contributed by atoms with Crippen LogP contribution in [-0.4, -0.2) is 9.97 Å². The highest BCUT2D eigenvalue weighted by molar-refractivity contribution is 7.26. The molecule has 4 aromatic heterocycles. The van der Waals surface area contributed by atoms with Gasteiger partial charge < -0.3 is 0 Å². The SMILES string of the molecule is c1ccc2c(c1)sc1c(-c3ccc(-c4cnc5c(ccc6cc(-c7ccc(-c8cccc9c8sc8ccccc89)cc7)cnc65)c4)cc3)cccc12. The van der Waals surface area contributed by atoms with Crippen molar-refractivity contribution in [1.29, 1.82) is 0 Å². The summed E-state index contributed by atoms with van der Waals surface area (Å²) in [5.41, 5.74) is 11.4. The standard InChI is InChI=1S/C48H28N2S2/c1-3-13-43-39(7-1)41-11-5-9-37(47(41)51-43)31-19-15-29(16-20-31)35-25-33-23-24-34-26-36(28-50-46(34)45(33)49-27-35)30-17-21-32(22-18-30)38-10-6-12-42-40-8-2-4-14-44(40)52-48(38)42/h1-28H. The Bertz CT molecular complexity index is 2950. The molecule has 4 heteroatoms. The van der Waals surface area contributed by atoms with Crippen molar-refractivity contribution in [2.75, 3.05) is 0 Å². The van der Waals surface area contributed by atoms with E-state index >= 15 is 0 Å². The Balaban J connectivity index is 0.890. The summed E-state index contributed by atoms with van der Waals surface area (Å²) in [4.78, 5) is 9.92. The van der Waals surface area contributed by atoms with Crippen molar-refractivity contribution >= 4 is 84.8 Å². The van der Waals surface area contributed by atoms with E-state index in [1.165, 1.54) is 62.6 Å². The molecule has 0 bridgehead atoms. The van der Waals surface area contributed by atoms with Crippen molar-refractivity contribution in [3.05, 3.63) is 170 Å². The van der Waals surface area contributed by atoms with E-state index in [0.717, 1.165) is 44.1 Å². The second-order valence-electron chi connectivity index (χ2n) is 13.4. The minimum Gasteiger partial charge on any atom is -0.253 e. The maximum atomic E-state index is 4.96. The molecule has 0 aliphatic carbocycles. The van der Waals surface area contributed by atoms with E-state index < -0.39 is 0 Å². The van der Waals surface area contributed by atoms with Crippen LogP contribution in [0.15, 0.2) is 170 Å². The van der Waals surface area contributed by atoms with Crippen molar-refractivity contribution in [2.45, 2.75) is 0 Å². The van der Waals surface area contributed by atoms with Gasteiger partial charge in [-0.25, -0.2) is 0 Å². The predicted octanol–water partition coefficient (Wildman–Crippen LogP) is 14.2. The minimum atomic E-state index is 0.924. The average Bonchev–Trinajstić information content (AvgIpc) is 3.79.